The lowest BCUT2D eigenvalue weighted by Gasteiger charge is -2.35. The van der Waals surface area contributed by atoms with Crippen molar-refractivity contribution < 1.29 is 19.1 Å². The Morgan fingerprint density at radius 2 is 1.71 bits per heavy atom. The first-order valence-corrected chi connectivity index (χ1v) is 18.8. The van der Waals surface area contributed by atoms with Gasteiger partial charge in [-0.25, -0.2) is 0 Å². The molecule has 0 radical (unpaired) electrons. The van der Waals surface area contributed by atoms with Crippen LogP contribution in [0.1, 0.15) is 67.6 Å². The van der Waals surface area contributed by atoms with Crippen LogP contribution in [0.4, 0.5) is 0 Å². The van der Waals surface area contributed by atoms with Crippen molar-refractivity contribution in [2.24, 2.45) is 18.9 Å². The monoisotopic (exact) mass is 723 g/mol. The SMILES string of the molecule is COc1cc(-c2cn(C)c(=O)c3cnccc23)cc(Cl)c1CN1CCC(CC(=O)N2CCC(c3ccc(CC4CCC(=O)NC4=O)cc3)CC2)CC1. The summed E-state index contributed by atoms with van der Waals surface area (Å²) in [6.07, 6.45) is 11.2. The summed E-state index contributed by atoms with van der Waals surface area (Å²) >= 11 is 6.93. The van der Waals surface area contributed by atoms with E-state index in [1.807, 2.05) is 24.4 Å². The van der Waals surface area contributed by atoms with E-state index in [9.17, 15) is 19.2 Å². The van der Waals surface area contributed by atoms with Crippen molar-refractivity contribution in [1.29, 1.82) is 0 Å². The Labute approximate surface area is 309 Å². The number of halogens is 1. The number of amides is 3. The van der Waals surface area contributed by atoms with E-state index in [2.05, 4.69) is 44.4 Å². The molecule has 1 unspecified atom stereocenters. The first-order valence-electron chi connectivity index (χ1n) is 18.4. The van der Waals surface area contributed by atoms with Gasteiger partial charge in [0, 0.05) is 80.2 Å². The number of hydrogen-bond donors (Lipinski definition) is 1. The number of carbonyl (C=O) groups excluding carboxylic acids is 3. The summed E-state index contributed by atoms with van der Waals surface area (Å²) < 4.78 is 7.42. The van der Waals surface area contributed by atoms with E-state index in [-0.39, 0.29) is 29.2 Å². The molecule has 2 aromatic heterocycles. The molecule has 7 rings (SSSR count). The molecule has 3 aliphatic rings. The van der Waals surface area contributed by atoms with Crippen LogP contribution in [0, 0.1) is 11.8 Å². The Hall–Kier alpha value is -4.54. The lowest BCUT2D eigenvalue weighted by atomic mass is 9.86. The summed E-state index contributed by atoms with van der Waals surface area (Å²) in [5.74, 6) is 1.27. The van der Waals surface area contributed by atoms with Gasteiger partial charge in [0.2, 0.25) is 17.7 Å². The second-order valence-corrected chi connectivity index (χ2v) is 15.1. The minimum atomic E-state index is -0.179. The number of hydrogen-bond acceptors (Lipinski definition) is 7. The molecule has 0 saturated carbocycles. The van der Waals surface area contributed by atoms with Crippen LogP contribution in [-0.2, 0) is 34.4 Å². The van der Waals surface area contributed by atoms with Gasteiger partial charge in [-0.3, -0.25) is 34.4 Å². The number of rotatable bonds is 9. The van der Waals surface area contributed by atoms with Gasteiger partial charge in [0.05, 0.1) is 12.5 Å². The topological polar surface area (TPSA) is 114 Å². The maximum absolute atomic E-state index is 13.4. The molecule has 3 fully saturated rings. The first kappa shape index (κ1) is 35.8. The molecule has 2 aromatic carbocycles. The fourth-order valence-corrected chi connectivity index (χ4v) is 8.47. The second kappa shape index (κ2) is 15.6. The van der Waals surface area contributed by atoms with Gasteiger partial charge in [-0.1, -0.05) is 35.9 Å². The molecule has 3 aliphatic heterocycles. The first-order chi connectivity index (χ1) is 25.2. The van der Waals surface area contributed by atoms with Crippen molar-refractivity contribution in [3.05, 3.63) is 93.1 Å². The highest BCUT2D eigenvalue weighted by Crippen LogP contribution is 2.37. The Kier molecular flexibility index (Phi) is 10.8. The van der Waals surface area contributed by atoms with Gasteiger partial charge in [-0.2, -0.15) is 0 Å². The lowest BCUT2D eigenvalue weighted by Crippen LogP contribution is -2.41. The third kappa shape index (κ3) is 7.78. The summed E-state index contributed by atoms with van der Waals surface area (Å²) in [5, 5.41) is 4.45. The predicted octanol–water partition coefficient (Wildman–Crippen LogP) is 5.87. The quantitative estimate of drug-likeness (QED) is 0.215. The average molecular weight is 724 g/mol. The molecule has 0 aliphatic carbocycles. The molecule has 5 heterocycles. The summed E-state index contributed by atoms with van der Waals surface area (Å²) in [5.41, 5.74) is 5.00. The summed E-state index contributed by atoms with van der Waals surface area (Å²) in [7, 11) is 3.40. The van der Waals surface area contributed by atoms with Crippen LogP contribution in [0.3, 0.4) is 0 Å². The number of aromatic nitrogens is 2. The molecular weight excluding hydrogens is 678 g/mol. The highest BCUT2D eigenvalue weighted by Gasteiger charge is 2.29. The maximum atomic E-state index is 13.4. The van der Waals surface area contributed by atoms with E-state index in [0.717, 1.165) is 79.5 Å². The Morgan fingerprint density at radius 3 is 2.42 bits per heavy atom. The number of carbonyl (C=O) groups is 3. The normalized spacial score (nSPS) is 19.2. The van der Waals surface area contributed by atoms with Crippen LogP contribution in [0.5, 0.6) is 5.75 Å². The summed E-state index contributed by atoms with van der Waals surface area (Å²) in [6, 6.07) is 14.4. The molecule has 3 amide bonds. The van der Waals surface area contributed by atoms with Gasteiger partial charge >= 0.3 is 0 Å². The van der Waals surface area contributed by atoms with E-state index in [0.29, 0.717) is 60.2 Å². The van der Waals surface area contributed by atoms with Crippen LogP contribution < -0.4 is 15.6 Å². The Bertz CT molecular complexity index is 2030. The van der Waals surface area contributed by atoms with Crippen LogP contribution in [0.25, 0.3) is 21.9 Å². The lowest BCUT2D eigenvalue weighted by molar-refractivity contribution is -0.136. The molecule has 0 bridgehead atoms. The number of nitrogens with one attached hydrogen (secondary N) is 1. The van der Waals surface area contributed by atoms with Crippen molar-refractivity contribution in [1.82, 2.24) is 24.7 Å². The Balaban J connectivity index is 0.893. The number of aryl methyl sites for hydroxylation is 1. The maximum Gasteiger partial charge on any atom is 0.259 e. The summed E-state index contributed by atoms with van der Waals surface area (Å²) in [6.45, 7) is 3.99. The van der Waals surface area contributed by atoms with E-state index < -0.39 is 0 Å². The van der Waals surface area contributed by atoms with Crippen LogP contribution in [0.15, 0.2) is 65.8 Å². The molecule has 0 spiro atoms. The van der Waals surface area contributed by atoms with E-state index in [1.54, 1.807) is 31.1 Å². The minimum Gasteiger partial charge on any atom is -0.496 e. The molecule has 3 saturated heterocycles. The molecule has 52 heavy (non-hydrogen) atoms. The molecule has 10 nitrogen and oxygen atoms in total. The zero-order valence-electron chi connectivity index (χ0n) is 29.9. The Morgan fingerprint density at radius 1 is 0.962 bits per heavy atom. The average Bonchev–Trinajstić information content (AvgIpc) is 3.16. The van der Waals surface area contributed by atoms with Crippen LogP contribution in [0.2, 0.25) is 5.02 Å². The van der Waals surface area contributed by atoms with Gasteiger partial charge in [0.25, 0.3) is 5.56 Å². The second-order valence-electron chi connectivity index (χ2n) is 14.7. The number of benzene rings is 2. The van der Waals surface area contributed by atoms with E-state index in [4.69, 9.17) is 16.3 Å². The molecule has 4 aromatic rings. The van der Waals surface area contributed by atoms with Gasteiger partial charge < -0.3 is 14.2 Å². The fourth-order valence-electron chi connectivity index (χ4n) is 8.20. The van der Waals surface area contributed by atoms with Crippen molar-refractivity contribution in [2.45, 2.75) is 63.8 Å². The van der Waals surface area contributed by atoms with Crippen molar-refractivity contribution >= 4 is 40.1 Å². The smallest absolute Gasteiger partial charge is 0.259 e. The molecule has 272 valence electrons. The standard InChI is InChI=1S/C41H46ClN5O5/c1-45-24-34(32-9-14-43-23-33(32)41(45)51)31-21-36(42)35(37(22-31)52-2)25-46-15-10-27(11-16-46)20-39(49)47-17-12-29(13-18-47)28-5-3-26(4-6-28)19-30-7-8-38(48)44-40(30)50/h3-6,9,14,21-24,27,29-30H,7-8,10-13,15-20,25H2,1-2H3,(H,44,48,50). The predicted molar refractivity (Wildman–Crippen MR) is 201 cm³/mol. The number of nitrogens with zero attached hydrogens (tertiary/aromatic N) is 4. The largest absolute Gasteiger partial charge is 0.496 e. The number of imide groups is 1. The fraction of sp³-hybridized carbons (Fsp3) is 0.439. The van der Waals surface area contributed by atoms with Gasteiger partial charge in [0.1, 0.15) is 5.75 Å². The number of ether oxygens (including phenoxy) is 1. The molecule has 1 atom stereocenters. The molecule has 1 N–H and O–H groups in total. The third-order valence-electron chi connectivity index (χ3n) is 11.4. The molecule has 11 heteroatoms. The zero-order chi connectivity index (χ0) is 36.4. The van der Waals surface area contributed by atoms with Gasteiger partial charge in [-0.15, -0.1) is 0 Å². The molecular formula is C41H46ClN5O5. The minimum absolute atomic E-state index is 0.0969. The zero-order valence-corrected chi connectivity index (χ0v) is 30.7. The number of fused-ring (bicyclic) bond motifs is 1. The highest BCUT2D eigenvalue weighted by molar-refractivity contribution is 6.32. The summed E-state index contributed by atoms with van der Waals surface area (Å²) in [4.78, 5) is 58.3. The van der Waals surface area contributed by atoms with Crippen LogP contribution in [-0.4, -0.2) is 70.4 Å². The number of methoxy groups -OCH3 is 1. The van der Waals surface area contributed by atoms with Crippen molar-refractivity contribution in [2.75, 3.05) is 33.3 Å². The van der Waals surface area contributed by atoms with Gasteiger partial charge in [0.15, 0.2) is 0 Å². The number of likely N-dealkylation sites (tertiary alicyclic amines) is 2. The van der Waals surface area contributed by atoms with E-state index >= 15 is 0 Å². The third-order valence-corrected chi connectivity index (χ3v) is 11.7. The van der Waals surface area contributed by atoms with Crippen molar-refractivity contribution in [3.8, 4) is 16.9 Å². The van der Waals surface area contributed by atoms with E-state index in [1.165, 1.54) is 5.56 Å². The number of pyridine rings is 2. The van der Waals surface area contributed by atoms with Gasteiger partial charge in [-0.05, 0) is 104 Å². The highest BCUT2D eigenvalue weighted by atomic mass is 35.5. The van der Waals surface area contributed by atoms with Crippen LogP contribution >= 0.6 is 11.6 Å². The number of piperidine rings is 3. The van der Waals surface area contributed by atoms with Crippen molar-refractivity contribution in [3.63, 3.8) is 0 Å².